The highest BCUT2D eigenvalue weighted by molar-refractivity contribution is 7.88. The number of amides is 2. The number of carbonyl (C=O) groups excluding carboxylic acids is 1. The Balaban J connectivity index is 1.38. The van der Waals surface area contributed by atoms with Crippen LogP contribution in [0.1, 0.15) is 41.5 Å². The normalized spacial score (nSPS) is 19.9. The van der Waals surface area contributed by atoms with Crippen LogP contribution in [0.4, 0.5) is 16.2 Å². The molecule has 0 unspecified atom stereocenters. The van der Waals surface area contributed by atoms with Gasteiger partial charge in [-0.25, -0.2) is 22.5 Å². The summed E-state index contributed by atoms with van der Waals surface area (Å²) in [6, 6.07) is 13.4. The molecule has 2 saturated heterocycles. The van der Waals surface area contributed by atoms with Gasteiger partial charge in [-0.3, -0.25) is 15.5 Å². The quantitative estimate of drug-likeness (QED) is 0.177. The molecule has 7 N–H and O–H groups in total. The predicted molar refractivity (Wildman–Crippen MR) is 159 cm³/mol. The zero-order valence-corrected chi connectivity index (χ0v) is 23.9. The highest BCUT2D eigenvalue weighted by Gasteiger charge is 2.42. The van der Waals surface area contributed by atoms with E-state index in [1.165, 1.54) is 10.6 Å². The van der Waals surface area contributed by atoms with Crippen molar-refractivity contribution in [1.29, 1.82) is 5.41 Å². The molecule has 5 rings (SSSR count). The average molecular weight is 595 g/mol. The number of rotatable bonds is 7. The summed E-state index contributed by atoms with van der Waals surface area (Å²) < 4.78 is 25.6. The number of nitrogens with one attached hydrogen (secondary N) is 4. The van der Waals surface area contributed by atoms with Crippen LogP contribution in [0.5, 0.6) is 0 Å². The SMILES string of the molecule is CS(=O)(=O)N1CCC([C@H]2C[C@@H](c3ncc(-c4ccc(NC(=O)O)cc4)[nH]3)N(C(=O)c3ccc(NC(=N)N)cc3)C2)CC1. The first kappa shape index (κ1) is 29.1. The van der Waals surface area contributed by atoms with Crippen molar-refractivity contribution in [2.45, 2.75) is 25.3 Å². The standard InChI is InChI=1S/C28H34N8O5S/c1-42(40,41)35-12-10-17(11-13-35)20-14-24(36(16-20)26(37)19-4-8-21(9-5-19)32-27(29)30)25-31-15-23(34-25)18-2-6-22(7-3-18)33-28(38)39/h2-9,15,17,20,24,33H,10-14,16H2,1H3,(H,31,34)(H,38,39)(H4,29,30,32)/t20-,24-/m0/s1. The van der Waals surface area contributed by atoms with Gasteiger partial charge in [0.15, 0.2) is 5.96 Å². The lowest BCUT2D eigenvalue weighted by Crippen LogP contribution is -2.40. The molecule has 3 heterocycles. The summed E-state index contributed by atoms with van der Waals surface area (Å²) >= 11 is 0. The first-order chi connectivity index (χ1) is 20.0. The number of piperidine rings is 1. The number of hydrogen-bond donors (Lipinski definition) is 6. The fourth-order valence-electron chi connectivity index (χ4n) is 5.90. The van der Waals surface area contributed by atoms with E-state index in [0.29, 0.717) is 48.8 Å². The molecule has 13 nitrogen and oxygen atoms in total. The molecule has 0 bridgehead atoms. The van der Waals surface area contributed by atoms with E-state index in [2.05, 4.69) is 20.6 Å². The van der Waals surface area contributed by atoms with Gasteiger partial charge in [0.05, 0.1) is 24.2 Å². The summed E-state index contributed by atoms with van der Waals surface area (Å²) in [5.74, 6) is 0.757. The molecule has 2 aliphatic heterocycles. The summed E-state index contributed by atoms with van der Waals surface area (Å²) in [6.45, 7) is 1.47. The molecule has 2 amide bonds. The van der Waals surface area contributed by atoms with Crippen LogP contribution in [0.3, 0.4) is 0 Å². The largest absolute Gasteiger partial charge is 0.465 e. The zero-order chi connectivity index (χ0) is 30.0. The van der Waals surface area contributed by atoms with Gasteiger partial charge in [0.1, 0.15) is 5.82 Å². The second-order valence-electron chi connectivity index (χ2n) is 10.8. The van der Waals surface area contributed by atoms with Crippen LogP contribution in [0.2, 0.25) is 0 Å². The summed E-state index contributed by atoms with van der Waals surface area (Å²) in [6.07, 6.45) is 3.96. The second kappa shape index (κ2) is 11.8. The van der Waals surface area contributed by atoms with Crippen molar-refractivity contribution >= 4 is 39.4 Å². The molecule has 0 spiro atoms. The lowest BCUT2D eigenvalue weighted by molar-refractivity contribution is 0.0720. The van der Waals surface area contributed by atoms with Crippen LogP contribution >= 0.6 is 0 Å². The lowest BCUT2D eigenvalue weighted by atomic mass is 9.83. The minimum Gasteiger partial charge on any atom is -0.465 e. The molecule has 2 fully saturated rings. The predicted octanol–water partition coefficient (Wildman–Crippen LogP) is 3.35. The first-order valence-electron chi connectivity index (χ1n) is 13.6. The topological polar surface area (TPSA) is 198 Å². The van der Waals surface area contributed by atoms with E-state index in [9.17, 15) is 18.0 Å². The van der Waals surface area contributed by atoms with E-state index < -0.39 is 16.1 Å². The molecule has 1 aromatic heterocycles. The fourth-order valence-corrected chi connectivity index (χ4v) is 6.77. The van der Waals surface area contributed by atoms with Crippen LogP contribution in [0.25, 0.3) is 11.3 Å². The smallest absolute Gasteiger partial charge is 0.409 e. The Labute approximate surface area is 243 Å². The highest BCUT2D eigenvalue weighted by Crippen LogP contribution is 2.42. The number of benzene rings is 2. The molecule has 2 atom stereocenters. The van der Waals surface area contributed by atoms with Crippen LogP contribution < -0.4 is 16.4 Å². The summed E-state index contributed by atoms with van der Waals surface area (Å²) in [4.78, 5) is 34.6. The third-order valence-electron chi connectivity index (χ3n) is 8.00. The van der Waals surface area contributed by atoms with Crippen molar-refractivity contribution in [3.63, 3.8) is 0 Å². The maximum atomic E-state index is 13.8. The van der Waals surface area contributed by atoms with Gasteiger partial charge in [-0.2, -0.15) is 0 Å². The molecule has 2 aromatic carbocycles. The van der Waals surface area contributed by atoms with E-state index in [-0.39, 0.29) is 29.7 Å². The molecular formula is C28H34N8O5S. The fraction of sp³-hybridized carbons (Fsp3) is 0.357. The van der Waals surface area contributed by atoms with Gasteiger partial charge >= 0.3 is 6.09 Å². The molecule has 0 aliphatic carbocycles. The van der Waals surface area contributed by atoms with Gasteiger partial charge in [0.2, 0.25) is 10.0 Å². The molecular weight excluding hydrogens is 560 g/mol. The third kappa shape index (κ3) is 6.55. The molecule has 42 heavy (non-hydrogen) atoms. The van der Waals surface area contributed by atoms with Crippen LogP contribution in [-0.4, -0.2) is 76.5 Å². The summed E-state index contributed by atoms with van der Waals surface area (Å²) in [7, 11) is -3.24. The van der Waals surface area contributed by atoms with Gasteiger partial charge in [0, 0.05) is 36.6 Å². The van der Waals surface area contributed by atoms with Crippen LogP contribution in [0.15, 0.2) is 54.7 Å². The van der Waals surface area contributed by atoms with Crippen LogP contribution in [0, 0.1) is 17.2 Å². The van der Waals surface area contributed by atoms with E-state index >= 15 is 0 Å². The molecule has 14 heteroatoms. The summed E-state index contributed by atoms with van der Waals surface area (Å²) in [5, 5.41) is 21.4. The maximum Gasteiger partial charge on any atom is 0.409 e. The van der Waals surface area contributed by atoms with Crippen molar-refractivity contribution in [2.24, 2.45) is 17.6 Å². The number of carbonyl (C=O) groups is 2. The number of hydrogen-bond acceptors (Lipinski definition) is 6. The van der Waals surface area contributed by atoms with Gasteiger partial charge in [-0.05, 0) is 73.1 Å². The van der Waals surface area contributed by atoms with Gasteiger partial charge < -0.3 is 26.0 Å². The minimum absolute atomic E-state index is 0.146. The number of nitrogens with two attached hydrogens (primary N) is 1. The Morgan fingerprint density at radius 1 is 1.02 bits per heavy atom. The number of carboxylic acid groups (broad SMARTS) is 1. The molecule has 0 radical (unpaired) electrons. The number of nitrogens with zero attached hydrogens (tertiary/aromatic N) is 3. The summed E-state index contributed by atoms with van der Waals surface area (Å²) in [5.41, 5.74) is 8.53. The second-order valence-corrected chi connectivity index (χ2v) is 12.8. The Hall–Kier alpha value is -4.43. The van der Waals surface area contributed by atoms with Crippen molar-refractivity contribution in [1.82, 2.24) is 19.2 Å². The highest BCUT2D eigenvalue weighted by atomic mass is 32.2. The monoisotopic (exact) mass is 594 g/mol. The number of imidazole rings is 1. The van der Waals surface area contributed by atoms with Gasteiger partial charge in [-0.1, -0.05) is 12.1 Å². The van der Waals surface area contributed by atoms with E-state index in [1.54, 1.807) is 54.7 Å². The van der Waals surface area contributed by atoms with Crippen molar-refractivity contribution < 1.29 is 23.1 Å². The third-order valence-corrected chi connectivity index (χ3v) is 9.30. The van der Waals surface area contributed by atoms with Crippen LogP contribution in [-0.2, 0) is 10.0 Å². The van der Waals surface area contributed by atoms with Crippen molar-refractivity contribution in [2.75, 3.05) is 36.5 Å². The Morgan fingerprint density at radius 3 is 2.24 bits per heavy atom. The molecule has 2 aliphatic rings. The number of guanidine groups is 1. The zero-order valence-electron chi connectivity index (χ0n) is 23.1. The maximum absolute atomic E-state index is 13.8. The lowest BCUT2D eigenvalue weighted by Gasteiger charge is -2.33. The Kier molecular flexibility index (Phi) is 8.18. The number of likely N-dealkylation sites (tertiary alicyclic amines) is 1. The molecule has 0 saturated carbocycles. The van der Waals surface area contributed by atoms with Gasteiger partial charge in [-0.15, -0.1) is 0 Å². The van der Waals surface area contributed by atoms with E-state index in [1.807, 2.05) is 4.90 Å². The first-order valence-corrected chi connectivity index (χ1v) is 15.4. The Morgan fingerprint density at radius 2 is 1.64 bits per heavy atom. The van der Waals surface area contributed by atoms with E-state index in [4.69, 9.17) is 16.2 Å². The Bertz CT molecular complexity index is 1560. The number of aromatic amines is 1. The molecule has 3 aromatic rings. The van der Waals surface area contributed by atoms with Crippen molar-refractivity contribution in [3.05, 3.63) is 66.1 Å². The molecule has 222 valence electrons. The minimum atomic E-state index is -3.24. The van der Waals surface area contributed by atoms with Crippen molar-refractivity contribution in [3.8, 4) is 11.3 Å². The number of sulfonamides is 1. The van der Waals surface area contributed by atoms with E-state index in [0.717, 1.165) is 24.1 Å². The number of aromatic nitrogens is 2. The van der Waals surface area contributed by atoms with Gasteiger partial charge in [0.25, 0.3) is 5.91 Å². The average Bonchev–Trinajstić information content (AvgIpc) is 3.61. The number of anilines is 2. The number of H-pyrrole nitrogens is 1.